The van der Waals surface area contributed by atoms with E-state index in [1.54, 1.807) is 0 Å². The van der Waals surface area contributed by atoms with Crippen LogP contribution >= 0.6 is 11.8 Å². The number of hydrogen-bond donors (Lipinski definition) is 0. The molecule has 6 nitrogen and oxygen atoms in total. The Morgan fingerprint density at radius 3 is 2.83 bits per heavy atom. The Kier molecular flexibility index (Phi) is 5.56. The molecule has 4 heterocycles. The molecule has 0 bridgehead atoms. The molecule has 0 saturated carbocycles. The van der Waals surface area contributed by atoms with Gasteiger partial charge in [-0.15, -0.1) is 0 Å². The second kappa shape index (κ2) is 8.47. The molecule has 158 valence electrons. The lowest BCUT2D eigenvalue weighted by atomic mass is 9.95. The van der Waals surface area contributed by atoms with Crippen molar-refractivity contribution in [2.75, 3.05) is 44.4 Å². The van der Waals surface area contributed by atoms with Gasteiger partial charge >= 0.3 is 0 Å². The van der Waals surface area contributed by atoms with E-state index in [-0.39, 0.29) is 12.1 Å². The lowest BCUT2D eigenvalue weighted by Crippen LogP contribution is -2.36. The fourth-order valence-electron chi connectivity index (χ4n) is 4.53. The van der Waals surface area contributed by atoms with Gasteiger partial charge in [0.05, 0.1) is 37.2 Å². The Hall–Kier alpha value is -2.25. The first-order chi connectivity index (χ1) is 14.7. The number of fused-ring (bicyclic) bond motifs is 1. The number of morpholine rings is 1. The predicted octanol–water partition coefficient (Wildman–Crippen LogP) is 3.91. The van der Waals surface area contributed by atoms with Gasteiger partial charge in [-0.25, -0.2) is 0 Å². The smallest absolute Gasteiger partial charge is 0.160 e. The first kappa shape index (κ1) is 19.7. The second-order valence-electron chi connectivity index (χ2n) is 7.90. The average Bonchev–Trinajstić information content (AvgIpc) is 3.31. The summed E-state index contributed by atoms with van der Waals surface area (Å²) in [5.74, 6) is 0.949. The summed E-state index contributed by atoms with van der Waals surface area (Å²) < 4.78 is 11.6. The van der Waals surface area contributed by atoms with Gasteiger partial charge in [0.25, 0.3) is 0 Å². The highest BCUT2D eigenvalue weighted by Crippen LogP contribution is 2.48. The summed E-state index contributed by atoms with van der Waals surface area (Å²) in [6, 6.07) is 12.9. The van der Waals surface area contributed by atoms with E-state index in [4.69, 9.17) is 14.5 Å². The molecule has 3 atom stereocenters. The van der Waals surface area contributed by atoms with Crippen LogP contribution < -0.4 is 9.64 Å². The van der Waals surface area contributed by atoms with Crippen molar-refractivity contribution in [3.63, 3.8) is 0 Å². The molecular weight excluding hydrogens is 396 g/mol. The predicted molar refractivity (Wildman–Crippen MR) is 122 cm³/mol. The number of amidine groups is 1. The van der Waals surface area contributed by atoms with Crippen LogP contribution in [0.25, 0.3) is 0 Å². The normalized spacial score (nSPS) is 25.9. The molecule has 0 radical (unpaired) electrons. The Balaban J connectivity index is 1.52. The van der Waals surface area contributed by atoms with E-state index in [2.05, 4.69) is 46.0 Å². The highest BCUT2D eigenvalue weighted by Gasteiger charge is 2.43. The molecular formula is C23H28N4O2S. The fraction of sp³-hybridized carbons (Fsp3) is 0.478. The van der Waals surface area contributed by atoms with Gasteiger partial charge in [0.15, 0.2) is 5.17 Å². The third-order valence-corrected chi connectivity index (χ3v) is 6.96. The molecule has 7 heteroatoms. The summed E-state index contributed by atoms with van der Waals surface area (Å²) in [7, 11) is 0. The number of aromatic nitrogens is 1. The summed E-state index contributed by atoms with van der Waals surface area (Å²) in [6.45, 7) is 9.28. The minimum atomic E-state index is 0.00455. The van der Waals surface area contributed by atoms with Crippen molar-refractivity contribution >= 4 is 22.6 Å². The summed E-state index contributed by atoms with van der Waals surface area (Å²) in [5.41, 5.74) is 3.41. The molecule has 0 aliphatic carbocycles. The minimum absolute atomic E-state index is 0.00455. The zero-order chi connectivity index (χ0) is 20.5. The Bertz CT molecular complexity index is 917. The average molecular weight is 425 g/mol. The Morgan fingerprint density at radius 2 is 2.07 bits per heavy atom. The number of nitrogens with zero attached hydrogens (tertiary/aromatic N) is 4. The van der Waals surface area contributed by atoms with Gasteiger partial charge in [0, 0.05) is 31.1 Å². The maximum absolute atomic E-state index is 6.10. The van der Waals surface area contributed by atoms with E-state index in [0.29, 0.717) is 11.9 Å². The van der Waals surface area contributed by atoms with Crippen LogP contribution in [0.15, 0.2) is 47.6 Å². The molecule has 3 unspecified atom stereocenters. The van der Waals surface area contributed by atoms with Crippen LogP contribution in [0.2, 0.25) is 0 Å². The van der Waals surface area contributed by atoms with Gasteiger partial charge in [0.2, 0.25) is 0 Å². The monoisotopic (exact) mass is 424 g/mol. The number of benzene rings is 1. The summed E-state index contributed by atoms with van der Waals surface area (Å²) >= 11 is 1.87. The highest BCUT2D eigenvalue weighted by molar-refractivity contribution is 8.14. The van der Waals surface area contributed by atoms with Crippen LogP contribution in [0.4, 0.5) is 5.69 Å². The molecule has 0 spiro atoms. The number of pyridine rings is 1. The zero-order valence-electron chi connectivity index (χ0n) is 17.5. The van der Waals surface area contributed by atoms with Gasteiger partial charge in [0.1, 0.15) is 11.8 Å². The standard InChI is InChI=1S/C23H28N4O2S/c1-3-29-20-14-17(7-8-19(20)26-10-12-28-13-11-26)22-21(18-6-4-5-9-24-18)25-23-27(22)15-16(2)30-23/h4-9,14,16,21-22H,3,10-13,15H2,1-2H3. The van der Waals surface area contributed by atoms with Crippen LogP contribution in [0.5, 0.6) is 5.75 Å². The SMILES string of the molecule is CCOc1cc(C2C(c3ccccn3)N=C3SC(C)CN32)ccc1N1CCOCC1. The van der Waals surface area contributed by atoms with Gasteiger partial charge in [-0.1, -0.05) is 30.8 Å². The van der Waals surface area contributed by atoms with Crippen molar-refractivity contribution in [2.45, 2.75) is 31.2 Å². The molecule has 0 amide bonds. The summed E-state index contributed by atoms with van der Waals surface area (Å²) in [5, 5.41) is 1.69. The molecule has 2 aromatic rings. The van der Waals surface area contributed by atoms with E-state index in [1.807, 2.05) is 37.0 Å². The Labute approximate surface area is 182 Å². The molecule has 1 aromatic heterocycles. The van der Waals surface area contributed by atoms with Crippen LogP contribution in [-0.4, -0.2) is 59.8 Å². The third-order valence-electron chi connectivity index (χ3n) is 5.86. The minimum Gasteiger partial charge on any atom is -0.492 e. The van der Waals surface area contributed by atoms with E-state index < -0.39 is 0 Å². The molecule has 2 fully saturated rings. The van der Waals surface area contributed by atoms with Crippen molar-refractivity contribution in [2.24, 2.45) is 4.99 Å². The zero-order valence-corrected chi connectivity index (χ0v) is 18.3. The van der Waals surface area contributed by atoms with Crippen molar-refractivity contribution < 1.29 is 9.47 Å². The molecule has 0 N–H and O–H groups in total. The van der Waals surface area contributed by atoms with E-state index >= 15 is 0 Å². The summed E-state index contributed by atoms with van der Waals surface area (Å²) in [6.07, 6.45) is 1.86. The van der Waals surface area contributed by atoms with Gasteiger partial charge in [-0.2, -0.15) is 0 Å². The van der Waals surface area contributed by atoms with E-state index in [1.165, 1.54) is 5.56 Å². The van der Waals surface area contributed by atoms with Crippen molar-refractivity contribution in [3.8, 4) is 5.75 Å². The molecule has 2 saturated heterocycles. The van der Waals surface area contributed by atoms with Crippen molar-refractivity contribution in [3.05, 3.63) is 53.9 Å². The maximum Gasteiger partial charge on any atom is 0.160 e. The quantitative estimate of drug-likeness (QED) is 0.726. The number of anilines is 1. The van der Waals surface area contributed by atoms with Crippen molar-refractivity contribution in [1.82, 2.24) is 9.88 Å². The van der Waals surface area contributed by atoms with Crippen LogP contribution in [-0.2, 0) is 4.74 Å². The van der Waals surface area contributed by atoms with Gasteiger partial charge in [-0.3, -0.25) is 9.98 Å². The number of ether oxygens (including phenoxy) is 2. The molecule has 3 aliphatic heterocycles. The second-order valence-corrected chi connectivity index (χ2v) is 9.30. The summed E-state index contributed by atoms with van der Waals surface area (Å²) in [4.78, 5) is 14.5. The molecule has 1 aromatic carbocycles. The Morgan fingerprint density at radius 1 is 1.20 bits per heavy atom. The van der Waals surface area contributed by atoms with Gasteiger partial charge in [-0.05, 0) is 36.8 Å². The maximum atomic E-state index is 6.10. The van der Waals surface area contributed by atoms with Crippen LogP contribution in [0, 0.1) is 0 Å². The lowest BCUT2D eigenvalue weighted by molar-refractivity contribution is 0.122. The molecule has 5 rings (SSSR count). The van der Waals surface area contributed by atoms with E-state index in [0.717, 1.165) is 55.1 Å². The number of thioether (sulfide) groups is 1. The highest BCUT2D eigenvalue weighted by atomic mass is 32.2. The largest absolute Gasteiger partial charge is 0.492 e. The molecule has 3 aliphatic rings. The fourth-order valence-corrected chi connectivity index (χ4v) is 5.62. The van der Waals surface area contributed by atoms with Crippen LogP contribution in [0.3, 0.4) is 0 Å². The van der Waals surface area contributed by atoms with Gasteiger partial charge < -0.3 is 19.3 Å². The number of aliphatic imine (C=N–C) groups is 1. The number of hydrogen-bond acceptors (Lipinski definition) is 7. The molecule has 30 heavy (non-hydrogen) atoms. The topological polar surface area (TPSA) is 50.2 Å². The number of rotatable bonds is 5. The van der Waals surface area contributed by atoms with Crippen LogP contribution in [0.1, 0.15) is 37.2 Å². The first-order valence-corrected chi connectivity index (χ1v) is 11.6. The van der Waals surface area contributed by atoms with Crippen molar-refractivity contribution in [1.29, 1.82) is 0 Å². The van der Waals surface area contributed by atoms with E-state index in [9.17, 15) is 0 Å². The lowest BCUT2D eigenvalue weighted by Gasteiger charge is -2.32. The third kappa shape index (κ3) is 3.65. The first-order valence-electron chi connectivity index (χ1n) is 10.8.